The van der Waals surface area contributed by atoms with Gasteiger partial charge in [-0.3, -0.25) is 10.0 Å². The third-order valence-electron chi connectivity index (χ3n) is 1.97. The second-order valence-electron chi connectivity index (χ2n) is 3.21. The second-order valence-corrected chi connectivity index (χ2v) is 3.21. The van der Waals surface area contributed by atoms with E-state index in [1.807, 2.05) is 0 Å². The van der Waals surface area contributed by atoms with Crippen LogP contribution >= 0.6 is 0 Å². The Kier molecular flexibility index (Phi) is 6.39. The normalized spacial score (nSPS) is 13.7. The zero-order valence-corrected chi connectivity index (χ0v) is 8.63. The predicted octanol–water partition coefficient (Wildman–Crippen LogP) is 0.0674. The quantitative estimate of drug-likeness (QED) is 0.165. The molecule has 0 aromatic carbocycles. The molecule has 0 aliphatic carbocycles. The Morgan fingerprint density at radius 1 is 1.53 bits per heavy atom. The van der Waals surface area contributed by atoms with E-state index < -0.39 is 12.0 Å². The number of carboxylic acid groups (broad SMARTS) is 1. The minimum Gasteiger partial charge on any atom is -0.480 e. The molecule has 0 fully saturated rings. The summed E-state index contributed by atoms with van der Waals surface area (Å²) >= 11 is 0. The average molecular weight is 219 g/mol. The van der Waals surface area contributed by atoms with Crippen LogP contribution in [0.2, 0.25) is 0 Å². The fraction of sp³-hybridized carbons (Fsp3) is 0.750. The first-order valence-electron chi connectivity index (χ1n) is 4.62. The Morgan fingerprint density at radius 2 is 2.13 bits per heavy atom. The molecule has 0 aliphatic heterocycles. The van der Waals surface area contributed by atoms with Gasteiger partial charge in [0, 0.05) is 6.54 Å². The van der Waals surface area contributed by atoms with Gasteiger partial charge >= 0.3 is 5.97 Å². The van der Waals surface area contributed by atoms with Gasteiger partial charge < -0.3 is 16.0 Å². The number of hydrogen-bond donors (Lipinski definition) is 4. The van der Waals surface area contributed by atoms with Crippen LogP contribution < -0.4 is 5.73 Å². The molecule has 5 N–H and O–H groups in total. The average Bonchev–Trinajstić information content (AvgIpc) is 2.22. The van der Waals surface area contributed by atoms with E-state index in [1.165, 1.54) is 6.92 Å². The van der Waals surface area contributed by atoms with Crippen LogP contribution in [0.5, 0.6) is 0 Å². The Labute approximate surface area is 87.7 Å². The fourth-order valence-corrected chi connectivity index (χ4v) is 0.963. The summed E-state index contributed by atoms with van der Waals surface area (Å²) in [5.74, 6) is -0.929. The summed E-state index contributed by atoms with van der Waals surface area (Å²) in [4.78, 5) is 10.3. The largest absolute Gasteiger partial charge is 0.480 e. The van der Waals surface area contributed by atoms with E-state index in [9.17, 15) is 10.0 Å². The van der Waals surface area contributed by atoms with Crippen molar-refractivity contribution < 1.29 is 20.3 Å². The van der Waals surface area contributed by atoms with Gasteiger partial charge in [-0.15, -0.1) is 0 Å². The highest BCUT2D eigenvalue weighted by Crippen LogP contribution is 2.01. The SMILES string of the molecule is CC(=NO)N(O)CCCC[C@H](N)C(=O)O. The number of rotatable bonds is 6. The first-order valence-corrected chi connectivity index (χ1v) is 4.62. The van der Waals surface area contributed by atoms with Gasteiger partial charge in [-0.2, -0.15) is 0 Å². The Hall–Kier alpha value is -1.34. The molecule has 7 nitrogen and oxygen atoms in total. The highest BCUT2D eigenvalue weighted by molar-refractivity contribution is 5.77. The summed E-state index contributed by atoms with van der Waals surface area (Å²) < 4.78 is 0. The number of unbranched alkanes of at least 4 members (excludes halogenated alkanes) is 1. The smallest absolute Gasteiger partial charge is 0.320 e. The molecule has 88 valence electrons. The maximum atomic E-state index is 10.3. The van der Waals surface area contributed by atoms with E-state index in [-0.39, 0.29) is 12.4 Å². The molecule has 0 bridgehead atoms. The second kappa shape index (κ2) is 7.02. The predicted molar refractivity (Wildman–Crippen MR) is 52.9 cm³/mol. The van der Waals surface area contributed by atoms with Crippen molar-refractivity contribution >= 4 is 11.8 Å². The van der Waals surface area contributed by atoms with Crippen molar-refractivity contribution in [3.8, 4) is 0 Å². The lowest BCUT2D eigenvalue weighted by atomic mass is 10.1. The summed E-state index contributed by atoms with van der Waals surface area (Å²) in [5.41, 5.74) is 5.28. The standard InChI is InChI=1S/C8H17N3O4/c1-6(10-14)11(15)5-3-2-4-7(9)8(12)13/h7,14-15H,2-5,9H2,1H3,(H,12,13)/t7-/m0/s1. The zero-order valence-electron chi connectivity index (χ0n) is 8.63. The molecule has 0 unspecified atom stereocenters. The van der Waals surface area contributed by atoms with Crippen LogP contribution in [0.1, 0.15) is 26.2 Å². The van der Waals surface area contributed by atoms with Crippen LogP contribution in [0, 0.1) is 0 Å². The van der Waals surface area contributed by atoms with Gasteiger partial charge in [-0.1, -0.05) is 5.16 Å². The van der Waals surface area contributed by atoms with Crippen molar-refractivity contribution in [1.82, 2.24) is 5.06 Å². The minimum absolute atomic E-state index is 0.0949. The third kappa shape index (κ3) is 5.87. The Balaban J connectivity index is 3.59. The van der Waals surface area contributed by atoms with Crippen molar-refractivity contribution in [3.05, 3.63) is 0 Å². The number of amidine groups is 1. The summed E-state index contributed by atoms with van der Waals surface area (Å²) in [6.45, 7) is 1.73. The van der Waals surface area contributed by atoms with Crippen LogP contribution in [0.4, 0.5) is 0 Å². The number of aliphatic carboxylic acids is 1. The molecule has 0 aliphatic rings. The first-order chi connectivity index (χ1) is 6.99. The fourth-order valence-electron chi connectivity index (χ4n) is 0.963. The minimum atomic E-state index is -1.02. The Morgan fingerprint density at radius 3 is 2.60 bits per heavy atom. The van der Waals surface area contributed by atoms with Gasteiger partial charge in [-0.25, -0.2) is 5.06 Å². The van der Waals surface area contributed by atoms with E-state index in [1.54, 1.807) is 0 Å². The summed E-state index contributed by atoms with van der Waals surface area (Å²) in [6, 6.07) is -0.857. The molecule has 0 radical (unpaired) electrons. The van der Waals surface area contributed by atoms with Gasteiger partial charge in [0.15, 0.2) is 5.84 Å². The summed E-state index contributed by atoms with van der Waals surface area (Å²) in [5, 5.41) is 29.6. The maximum Gasteiger partial charge on any atom is 0.320 e. The van der Waals surface area contributed by atoms with Gasteiger partial charge in [0.25, 0.3) is 0 Å². The number of nitrogens with two attached hydrogens (primary N) is 1. The van der Waals surface area contributed by atoms with Crippen molar-refractivity contribution in [2.24, 2.45) is 10.9 Å². The molecule has 0 saturated heterocycles. The van der Waals surface area contributed by atoms with Crippen LogP contribution in [0.3, 0.4) is 0 Å². The zero-order chi connectivity index (χ0) is 11.8. The maximum absolute atomic E-state index is 10.3. The van der Waals surface area contributed by atoms with E-state index >= 15 is 0 Å². The molecule has 7 heteroatoms. The number of nitrogens with zero attached hydrogens (tertiary/aromatic N) is 2. The molecule has 0 aromatic rings. The molecule has 0 spiro atoms. The number of hydrogen-bond acceptors (Lipinski definition) is 5. The lowest BCUT2D eigenvalue weighted by molar-refractivity contribution is -0.138. The monoisotopic (exact) mass is 219 g/mol. The van der Waals surface area contributed by atoms with E-state index in [4.69, 9.17) is 16.0 Å². The van der Waals surface area contributed by atoms with Gasteiger partial charge in [0.1, 0.15) is 6.04 Å². The van der Waals surface area contributed by atoms with E-state index in [0.29, 0.717) is 19.3 Å². The van der Waals surface area contributed by atoms with Crippen molar-refractivity contribution in [3.63, 3.8) is 0 Å². The van der Waals surface area contributed by atoms with Gasteiger partial charge in [-0.05, 0) is 26.2 Å². The van der Waals surface area contributed by atoms with Gasteiger partial charge in [0.2, 0.25) is 0 Å². The molecule has 0 amide bonds. The first kappa shape index (κ1) is 13.7. The van der Waals surface area contributed by atoms with Crippen molar-refractivity contribution in [2.75, 3.05) is 6.54 Å². The van der Waals surface area contributed by atoms with Crippen LogP contribution in [-0.4, -0.2) is 45.0 Å². The summed E-state index contributed by atoms with van der Waals surface area (Å²) in [6.07, 6.45) is 1.52. The number of oxime groups is 1. The van der Waals surface area contributed by atoms with E-state index in [2.05, 4.69) is 5.16 Å². The number of carbonyl (C=O) groups is 1. The third-order valence-corrected chi connectivity index (χ3v) is 1.97. The van der Waals surface area contributed by atoms with Crippen LogP contribution in [0.25, 0.3) is 0 Å². The van der Waals surface area contributed by atoms with Crippen LogP contribution in [0.15, 0.2) is 5.16 Å². The lowest BCUT2D eigenvalue weighted by Crippen LogP contribution is -2.30. The number of hydroxylamine groups is 2. The molecule has 0 heterocycles. The topological polar surface area (TPSA) is 119 Å². The molecular weight excluding hydrogens is 202 g/mol. The van der Waals surface area contributed by atoms with Crippen LogP contribution in [-0.2, 0) is 4.79 Å². The molecular formula is C8H17N3O4. The van der Waals surface area contributed by atoms with E-state index in [0.717, 1.165) is 5.06 Å². The number of carboxylic acids is 1. The molecule has 1 atom stereocenters. The Bertz CT molecular complexity index is 232. The van der Waals surface area contributed by atoms with Crippen molar-refractivity contribution in [2.45, 2.75) is 32.2 Å². The molecule has 0 saturated carbocycles. The summed E-state index contributed by atoms with van der Waals surface area (Å²) in [7, 11) is 0. The van der Waals surface area contributed by atoms with Gasteiger partial charge in [0.05, 0.1) is 0 Å². The molecule has 0 rings (SSSR count). The highest BCUT2D eigenvalue weighted by Gasteiger charge is 2.10. The highest BCUT2D eigenvalue weighted by atomic mass is 16.5. The lowest BCUT2D eigenvalue weighted by Gasteiger charge is -2.14. The molecule has 15 heavy (non-hydrogen) atoms. The van der Waals surface area contributed by atoms with Crippen molar-refractivity contribution in [1.29, 1.82) is 0 Å². The molecule has 0 aromatic heterocycles.